The summed E-state index contributed by atoms with van der Waals surface area (Å²) in [5.74, 6) is -1.37. The smallest absolute Gasteiger partial charge is 0.358 e. The van der Waals surface area contributed by atoms with Crippen LogP contribution in [0, 0.1) is 0 Å². The summed E-state index contributed by atoms with van der Waals surface area (Å²) in [5.41, 5.74) is 0.113. The first-order valence-corrected chi connectivity index (χ1v) is 6.55. The van der Waals surface area contributed by atoms with Crippen molar-refractivity contribution in [3.8, 4) is 0 Å². The van der Waals surface area contributed by atoms with Crippen molar-refractivity contribution in [1.82, 2.24) is 20.3 Å². The SMILES string of the molecule is COCc1c(C(=O)O)nnn1CC(=O)NC1CCCC1. The molecule has 110 valence electrons. The van der Waals surface area contributed by atoms with Crippen LogP contribution in [0.2, 0.25) is 0 Å². The number of carboxylic acid groups (broad SMARTS) is 1. The molecule has 1 aliphatic rings. The molecule has 8 heteroatoms. The molecule has 8 nitrogen and oxygen atoms in total. The van der Waals surface area contributed by atoms with Gasteiger partial charge in [0.05, 0.1) is 12.3 Å². The molecule has 1 fully saturated rings. The van der Waals surface area contributed by atoms with E-state index < -0.39 is 5.97 Å². The van der Waals surface area contributed by atoms with Crippen LogP contribution in [0.5, 0.6) is 0 Å². The van der Waals surface area contributed by atoms with Crippen LogP contribution in [0.25, 0.3) is 0 Å². The number of hydrogen-bond donors (Lipinski definition) is 2. The summed E-state index contributed by atoms with van der Waals surface area (Å²) in [7, 11) is 1.45. The number of aromatic carboxylic acids is 1. The molecule has 0 aromatic carbocycles. The van der Waals surface area contributed by atoms with Crippen LogP contribution >= 0.6 is 0 Å². The van der Waals surface area contributed by atoms with Gasteiger partial charge in [-0.3, -0.25) is 4.79 Å². The van der Waals surface area contributed by atoms with Gasteiger partial charge < -0.3 is 15.2 Å². The number of methoxy groups -OCH3 is 1. The second-order valence-electron chi connectivity index (χ2n) is 4.83. The molecule has 2 rings (SSSR count). The normalized spacial score (nSPS) is 15.4. The van der Waals surface area contributed by atoms with E-state index in [4.69, 9.17) is 9.84 Å². The van der Waals surface area contributed by atoms with Gasteiger partial charge in [-0.05, 0) is 12.8 Å². The fraction of sp³-hybridized carbons (Fsp3) is 0.667. The Labute approximate surface area is 116 Å². The van der Waals surface area contributed by atoms with Gasteiger partial charge in [0, 0.05) is 13.2 Å². The zero-order valence-electron chi connectivity index (χ0n) is 11.3. The maximum Gasteiger partial charge on any atom is 0.358 e. The van der Waals surface area contributed by atoms with E-state index in [2.05, 4.69) is 15.6 Å². The molecule has 1 aromatic rings. The Balaban J connectivity index is 2.04. The first kappa shape index (κ1) is 14.4. The summed E-state index contributed by atoms with van der Waals surface area (Å²) < 4.78 is 6.21. The quantitative estimate of drug-likeness (QED) is 0.771. The van der Waals surface area contributed by atoms with E-state index in [1.165, 1.54) is 11.8 Å². The molecule has 1 aliphatic carbocycles. The van der Waals surface area contributed by atoms with Crippen molar-refractivity contribution in [3.05, 3.63) is 11.4 Å². The number of carbonyl (C=O) groups excluding carboxylic acids is 1. The Kier molecular flexibility index (Phi) is 4.67. The van der Waals surface area contributed by atoms with Gasteiger partial charge in [0.25, 0.3) is 0 Å². The Hall–Kier alpha value is -1.96. The first-order chi connectivity index (χ1) is 9.61. The highest BCUT2D eigenvalue weighted by atomic mass is 16.5. The molecule has 0 unspecified atom stereocenters. The van der Waals surface area contributed by atoms with E-state index >= 15 is 0 Å². The van der Waals surface area contributed by atoms with Gasteiger partial charge in [0.1, 0.15) is 6.54 Å². The van der Waals surface area contributed by atoms with Gasteiger partial charge in [0.2, 0.25) is 5.91 Å². The van der Waals surface area contributed by atoms with Crippen molar-refractivity contribution >= 4 is 11.9 Å². The molecule has 1 amide bonds. The lowest BCUT2D eigenvalue weighted by molar-refractivity contribution is -0.122. The number of hydrogen-bond acceptors (Lipinski definition) is 5. The minimum Gasteiger partial charge on any atom is -0.476 e. The third kappa shape index (κ3) is 3.32. The average Bonchev–Trinajstić information content (AvgIpc) is 3.00. The lowest BCUT2D eigenvalue weighted by Gasteiger charge is -2.12. The minimum atomic E-state index is -1.18. The monoisotopic (exact) mass is 282 g/mol. The van der Waals surface area contributed by atoms with E-state index in [0.29, 0.717) is 5.69 Å². The van der Waals surface area contributed by atoms with Crippen LogP contribution < -0.4 is 5.32 Å². The predicted molar refractivity (Wildman–Crippen MR) is 68.1 cm³/mol. The Morgan fingerprint density at radius 2 is 2.15 bits per heavy atom. The number of ether oxygens (including phenoxy) is 1. The average molecular weight is 282 g/mol. The molecule has 0 bridgehead atoms. The molecule has 1 aromatic heterocycles. The molecule has 1 heterocycles. The highest BCUT2D eigenvalue weighted by Crippen LogP contribution is 2.17. The molecule has 20 heavy (non-hydrogen) atoms. The second kappa shape index (κ2) is 6.47. The van der Waals surface area contributed by atoms with Gasteiger partial charge in [-0.2, -0.15) is 0 Å². The van der Waals surface area contributed by atoms with Crippen molar-refractivity contribution in [1.29, 1.82) is 0 Å². The van der Waals surface area contributed by atoms with E-state index in [-0.39, 0.29) is 30.8 Å². The first-order valence-electron chi connectivity index (χ1n) is 6.55. The third-order valence-corrected chi connectivity index (χ3v) is 3.33. The van der Waals surface area contributed by atoms with Gasteiger partial charge in [-0.25, -0.2) is 9.48 Å². The van der Waals surface area contributed by atoms with Crippen LogP contribution in [-0.2, 0) is 22.7 Å². The van der Waals surface area contributed by atoms with Crippen molar-refractivity contribution in [2.75, 3.05) is 7.11 Å². The van der Waals surface area contributed by atoms with Crippen molar-refractivity contribution in [3.63, 3.8) is 0 Å². The molecule has 1 saturated carbocycles. The number of carboxylic acids is 1. The van der Waals surface area contributed by atoms with Crippen LogP contribution in [0.15, 0.2) is 0 Å². The lowest BCUT2D eigenvalue weighted by atomic mass is 10.2. The van der Waals surface area contributed by atoms with E-state index in [0.717, 1.165) is 25.7 Å². The fourth-order valence-electron chi connectivity index (χ4n) is 2.38. The van der Waals surface area contributed by atoms with E-state index in [1.807, 2.05) is 0 Å². The standard InChI is InChI=1S/C12H18N4O4/c1-20-7-9-11(12(18)19)14-15-16(9)6-10(17)13-8-4-2-3-5-8/h8H,2-7H2,1H3,(H,13,17)(H,18,19). The van der Waals surface area contributed by atoms with Gasteiger partial charge in [-0.15, -0.1) is 5.10 Å². The predicted octanol–water partition coefficient (Wildman–Crippen LogP) is 0.181. The highest BCUT2D eigenvalue weighted by molar-refractivity contribution is 5.86. The molecule has 2 N–H and O–H groups in total. The van der Waals surface area contributed by atoms with Crippen molar-refractivity contribution in [2.45, 2.75) is 44.9 Å². The lowest BCUT2D eigenvalue weighted by Crippen LogP contribution is -2.35. The summed E-state index contributed by atoms with van der Waals surface area (Å²) in [5, 5.41) is 19.2. The number of amides is 1. The molecule has 0 aliphatic heterocycles. The Bertz CT molecular complexity index is 494. The summed E-state index contributed by atoms with van der Waals surface area (Å²) in [6.45, 7) is 0.000809. The van der Waals surface area contributed by atoms with Crippen LogP contribution in [-0.4, -0.2) is 45.1 Å². The van der Waals surface area contributed by atoms with E-state index in [1.54, 1.807) is 0 Å². The highest BCUT2D eigenvalue weighted by Gasteiger charge is 2.22. The zero-order chi connectivity index (χ0) is 14.5. The topological polar surface area (TPSA) is 106 Å². The maximum absolute atomic E-state index is 11.9. The number of aromatic nitrogens is 3. The largest absolute Gasteiger partial charge is 0.476 e. The van der Waals surface area contributed by atoms with Gasteiger partial charge in [0.15, 0.2) is 5.69 Å². The minimum absolute atomic E-state index is 0.0462. The summed E-state index contributed by atoms with van der Waals surface area (Å²) in [4.78, 5) is 22.9. The molecule has 0 radical (unpaired) electrons. The number of carbonyl (C=O) groups is 2. The molecule has 0 spiro atoms. The van der Waals surface area contributed by atoms with Crippen molar-refractivity contribution < 1.29 is 19.4 Å². The van der Waals surface area contributed by atoms with Gasteiger partial charge >= 0.3 is 5.97 Å². The fourth-order valence-corrected chi connectivity index (χ4v) is 2.38. The zero-order valence-corrected chi connectivity index (χ0v) is 11.3. The van der Waals surface area contributed by atoms with Crippen molar-refractivity contribution in [2.24, 2.45) is 0 Å². The Morgan fingerprint density at radius 1 is 1.45 bits per heavy atom. The van der Waals surface area contributed by atoms with E-state index in [9.17, 15) is 9.59 Å². The summed E-state index contributed by atoms with van der Waals surface area (Å²) in [6.07, 6.45) is 4.25. The number of rotatable bonds is 6. The molecular formula is C12H18N4O4. The number of nitrogens with one attached hydrogen (secondary N) is 1. The third-order valence-electron chi connectivity index (χ3n) is 3.33. The maximum atomic E-state index is 11.9. The van der Waals surface area contributed by atoms with Crippen LogP contribution in [0.3, 0.4) is 0 Å². The van der Waals surface area contributed by atoms with Crippen LogP contribution in [0.1, 0.15) is 41.9 Å². The Morgan fingerprint density at radius 3 is 2.75 bits per heavy atom. The second-order valence-corrected chi connectivity index (χ2v) is 4.83. The molecular weight excluding hydrogens is 264 g/mol. The molecule has 0 atom stereocenters. The van der Waals surface area contributed by atoms with Crippen LogP contribution in [0.4, 0.5) is 0 Å². The summed E-state index contributed by atoms with van der Waals surface area (Å²) in [6, 6.07) is 0.218. The van der Waals surface area contributed by atoms with Gasteiger partial charge in [-0.1, -0.05) is 18.1 Å². The summed E-state index contributed by atoms with van der Waals surface area (Å²) >= 11 is 0. The molecule has 0 saturated heterocycles. The number of nitrogens with zero attached hydrogens (tertiary/aromatic N) is 3.